The molecule has 1 aliphatic rings. The normalized spacial score (nSPS) is 18.1. The molecule has 7 nitrogen and oxygen atoms in total. The van der Waals surface area contributed by atoms with E-state index in [1.165, 1.54) is 17.5 Å². The molecule has 33 heavy (non-hydrogen) atoms. The summed E-state index contributed by atoms with van der Waals surface area (Å²) < 4.78 is 5.37. The maximum Gasteiger partial charge on any atom is 0.311 e. The number of carbonyl (C=O) groups excluding carboxylic acids is 3. The largest absolute Gasteiger partial charge is 0.455 e. The standard InChI is InChI=1S/C24H22ClN3O4S/c1-15-4-7-17(8-5-15)28-22(30)11-9-18(23(28)19-3-2-12-33-19)24(31)32-14-21(29)27-20-10-6-16(25)13-26-20/h2-8,10,12-13,18,23H,9,11,14H2,1H3,(H,26,27,29). The van der Waals surface area contributed by atoms with Crippen molar-refractivity contribution >= 4 is 52.2 Å². The molecule has 0 saturated carbocycles. The molecule has 170 valence electrons. The number of aryl methyl sites for hydroxylation is 1. The molecular weight excluding hydrogens is 462 g/mol. The zero-order valence-electron chi connectivity index (χ0n) is 17.9. The Kier molecular flexibility index (Phi) is 7.05. The molecule has 3 heterocycles. The maximum absolute atomic E-state index is 13.1. The van der Waals surface area contributed by atoms with Crippen LogP contribution in [0.4, 0.5) is 11.5 Å². The second-order valence-corrected chi connectivity index (χ2v) is 9.14. The van der Waals surface area contributed by atoms with Crippen LogP contribution in [-0.4, -0.2) is 29.4 Å². The van der Waals surface area contributed by atoms with Gasteiger partial charge in [-0.05, 0) is 49.1 Å². The number of nitrogens with one attached hydrogen (secondary N) is 1. The van der Waals surface area contributed by atoms with Crippen molar-refractivity contribution in [1.82, 2.24) is 4.98 Å². The molecule has 0 radical (unpaired) electrons. The number of piperidine rings is 1. The lowest BCUT2D eigenvalue weighted by atomic mass is 9.87. The van der Waals surface area contributed by atoms with Crippen LogP contribution < -0.4 is 10.2 Å². The number of anilines is 2. The topological polar surface area (TPSA) is 88.6 Å². The average Bonchev–Trinajstić information content (AvgIpc) is 3.34. The molecule has 2 aromatic heterocycles. The third-order valence-electron chi connectivity index (χ3n) is 5.39. The molecule has 2 unspecified atom stereocenters. The molecule has 2 amide bonds. The van der Waals surface area contributed by atoms with Crippen LogP contribution in [0.1, 0.15) is 29.3 Å². The first-order valence-electron chi connectivity index (χ1n) is 10.4. The van der Waals surface area contributed by atoms with Crippen LogP contribution in [0.15, 0.2) is 60.1 Å². The summed E-state index contributed by atoms with van der Waals surface area (Å²) >= 11 is 7.28. The third-order valence-corrected chi connectivity index (χ3v) is 6.55. The summed E-state index contributed by atoms with van der Waals surface area (Å²) in [4.78, 5) is 44.8. The smallest absolute Gasteiger partial charge is 0.311 e. The van der Waals surface area contributed by atoms with Gasteiger partial charge in [0.1, 0.15) is 5.82 Å². The molecule has 2 atom stereocenters. The Labute approximate surface area is 200 Å². The van der Waals surface area contributed by atoms with E-state index in [1.807, 2.05) is 48.7 Å². The molecule has 0 bridgehead atoms. The van der Waals surface area contributed by atoms with Crippen molar-refractivity contribution in [2.24, 2.45) is 5.92 Å². The fourth-order valence-electron chi connectivity index (χ4n) is 3.81. The Bertz CT molecular complexity index is 1130. The quantitative estimate of drug-likeness (QED) is 0.510. The predicted molar refractivity (Wildman–Crippen MR) is 127 cm³/mol. The number of hydrogen-bond donors (Lipinski definition) is 1. The van der Waals surface area contributed by atoms with Gasteiger partial charge < -0.3 is 15.0 Å². The summed E-state index contributed by atoms with van der Waals surface area (Å²) in [6.07, 6.45) is 1.98. The minimum Gasteiger partial charge on any atom is -0.455 e. The Hall–Kier alpha value is -3.23. The molecule has 4 rings (SSSR count). The zero-order chi connectivity index (χ0) is 23.4. The van der Waals surface area contributed by atoms with Crippen LogP contribution in [0, 0.1) is 12.8 Å². The number of nitrogens with zero attached hydrogens (tertiary/aromatic N) is 2. The minimum absolute atomic E-state index is 0.0483. The molecule has 1 aliphatic heterocycles. The highest BCUT2D eigenvalue weighted by atomic mass is 35.5. The molecule has 3 aromatic rings. The summed E-state index contributed by atoms with van der Waals surface area (Å²) in [5, 5.41) is 4.93. The third kappa shape index (κ3) is 5.40. The van der Waals surface area contributed by atoms with E-state index in [0.29, 0.717) is 17.3 Å². The maximum atomic E-state index is 13.1. The fraction of sp³-hybridized carbons (Fsp3) is 0.250. The van der Waals surface area contributed by atoms with Crippen molar-refractivity contribution in [3.63, 3.8) is 0 Å². The second-order valence-electron chi connectivity index (χ2n) is 7.72. The van der Waals surface area contributed by atoms with E-state index in [2.05, 4.69) is 10.3 Å². The average molecular weight is 484 g/mol. The van der Waals surface area contributed by atoms with E-state index >= 15 is 0 Å². The lowest BCUT2D eigenvalue weighted by Crippen LogP contribution is -2.46. The Morgan fingerprint density at radius 3 is 2.67 bits per heavy atom. The molecule has 1 fully saturated rings. The monoisotopic (exact) mass is 483 g/mol. The van der Waals surface area contributed by atoms with Gasteiger partial charge in [-0.25, -0.2) is 4.98 Å². The number of esters is 1. The van der Waals surface area contributed by atoms with Gasteiger partial charge >= 0.3 is 5.97 Å². The number of benzene rings is 1. The SMILES string of the molecule is Cc1ccc(N2C(=O)CCC(C(=O)OCC(=O)Nc3ccc(Cl)cn3)C2c2cccs2)cc1. The first-order chi connectivity index (χ1) is 15.9. The van der Waals surface area contributed by atoms with Crippen molar-refractivity contribution < 1.29 is 19.1 Å². The van der Waals surface area contributed by atoms with E-state index in [1.54, 1.807) is 17.0 Å². The van der Waals surface area contributed by atoms with Gasteiger partial charge in [0.05, 0.1) is 17.0 Å². The second kappa shape index (κ2) is 10.1. The number of aromatic nitrogens is 1. The Morgan fingerprint density at radius 2 is 2.00 bits per heavy atom. The number of rotatable bonds is 6. The van der Waals surface area contributed by atoms with Gasteiger partial charge in [0, 0.05) is 23.2 Å². The van der Waals surface area contributed by atoms with Crippen molar-refractivity contribution in [2.75, 3.05) is 16.8 Å². The molecule has 1 N–H and O–H groups in total. The van der Waals surface area contributed by atoms with Crippen molar-refractivity contribution in [1.29, 1.82) is 0 Å². The number of hydrogen-bond acceptors (Lipinski definition) is 6. The molecule has 1 saturated heterocycles. The lowest BCUT2D eigenvalue weighted by molar-refractivity contribution is -0.153. The Balaban J connectivity index is 1.50. The number of ether oxygens (including phenoxy) is 1. The number of halogens is 1. The van der Waals surface area contributed by atoms with Gasteiger partial charge in [-0.15, -0.1) is 11.3 Å². The predicted octanol–water partition coefficient (Wildman–Crippen LogP) is 4.77. The number of thiophene rings is 1. The number of pyridine rings is 1. The fourth-order valence-corrected chi connectivity index (χ4v) is 4.80. The van der Waals surface area contributed by atoms with E-state index in [4.69, 9.17) is 16.3 Å². The highest BCUT2D eigenvalue weighted by Crippen LogP contribution is 2.42. The summed E-state index contributed by atoms with van der Waals surface area (Å²) in [6, 6.07) is 14.1. The van der Waals surface area contributed by atoms with Crippen molar-refractivity contribution in [2.45, 2.75) is 25.8 Å². The Morgan fingerprint density at radius 1 is 1.21 bits per heavy atom. The van der Waals surface area contributed by atoms with Gasteiger partial charge in [0.15, 0.2) is 6.61 Å². The highest BCUT2D eigenvalue weighted by molar-refractivity contribution is 7.10. The van der Waals surface area contributed by atoms with Crippen LogP contribution in [0.2, 0.25) is 5.02 Å². The van der Waals surface area contributed by atoms with Crippen LogP contribution in [0.3, 0.4) is 0 Å². The van der Waals surface area contributed by atoms with Gasteiger partial charge in [-0.3, -0.25) is 14.4 Å². The molecule has 0 aliphatic carbocycles. The minimum atomic E-state index is -0.593. The van der Waals surface area contributed by atoms with Gasteiger partial charge in [0.2, 0.25) is 5.91 Å². The van der Waals surface area contributed by atoms with Gasteiger partial charge in [-0.1, -0.05) is 35.4 Å². The zero-order valence-corrected chi connectivity index (χ0v) is 19.4. The highest BCUT2D eigenvalue weighted by Gasteiger charge is 2.43. The summed E-state index contributed by atoms with van der Waals surface area (Å²) in [5.74, 6) is -1.35. The van der Waals surface area contributed by atoms with Gasteiger partial charge in [0.25, 0.3) is 5.91 Å². The summed E-state index contributed by atoms with van der Waals surface area (Å²) in [7, 11) is 0. The van der Waals surface area contributed by atoms with E-state index in [9.17, 15) is 14.4 Å². The molecule has 0 spiro atoms. The number of carbonyl (C=O) groups is 3. The summed E-state index contributed by atoms with van der Waals surface area (Å²) in [6.45, 7) is 1.53. The molecule has 9 heteroatoms. The van der Waals surface area contributed by atoms with Crippen LogP contribution in [0.25, 0.3) is 0 Å². The van der Waals surface area contributed by atoms with Crippen molar-refractivity contribution in [3.8, 4) is 0 Å². The first kappa shape index (κ1) is 22.9. The van der Waals surface area contributed by atoms with E-state index in [-0.39, 0.29) is 12.3 Å². The van der Waals surface area contributed by atoms with Gasteiger partial charge in [-0.2, -0.15) is 0 Å². The lowest BCUT2D eigenvalue weighted by Gasteiger charge is -2.39. The molecular formula is C24H22ClN3O4S. The van der Waals surface area contributed by atoms with Crippen LogP contribution >= 0.6 is 22.9 Å². The van der Waals surface area contributed by atoms with E-state index < -0.39 is 30.4 Å². The van der Waals surface area contributed by atoms with E-state index in [0.717, 1.165) is 16.1 Å². The first-order valence-corrected chi connectivity index (χ1v) is 11.7. The molecule has 1 aromatic carbocycles. The van der Waals surface area contributed by atoms with Crippen molar-refractivity contribution in [3.05, 3.63) is 75.6 Å². The number of amides is 2. The van der Waals surface area contributed by atoms with Crippen LogP contribution in [0.5, 0.6) is 0 Å². The summed E-state index contributed by atoms with van der Waals surface area (Å²) in [5.41, 5.74) is 1.81. The van der Waals surface area contributed by atoms with Crippen LogP contribution in [-0.2, 0) is 19.1 Å².